The van der Waals surface area contributed by atoms with Gasteiger partial charge in [0.15, 0.2) is 0 Å². The molecule has 0 bridgehead atoms. The molecule has 0 aliphatic carbocycles. The van der Waals surface area contributed by atoms with E-state index in [2.05, 4.69) is 16.5 Å². The number of aliphatic hydroxyl groups excluding tert-OH is 1. The summed E-state index contributed by atoms with van der Waals surface area (Å²) in [5.41, 5.74) is 9.83. The van der Waals surface area contributed by atoms with Gasteiger partial charge in [-0.15, -0.1) is 0 Å². The minimum absolute atomic E-state index is 0.120. The molecule has 0 atom stereocenters. The van der Waals surface area contributed by atoms with Gasteiger partial charge in [0.05, 0.1) is 5.56 Å². The summed E-state index contributed by atoms with van der Waals surface area (Å²) >= 11 is 0. The molecule has 2 rings (SSSR count). The molecule has 21 heavy (non-hydrogen) atoms. The monoisotopic (exact) mass is 287 g/mol. The molecule has 0 saturated heterocycles. The Morgan fingerprint density at radius 2 is 2.24 bits per heavy atom. The molecule has 0 aliphatic rings. The van der Waals surface area contributed by atoms with Gasteiger partial charge in [-0.25, -0.2) is 0 Å². The summed E-state index contributed by atoms with van der Waals surface area (Å²) in [4.78, 5) is 16.0. The number of hydrogen-bond acceptors (Lipinski definition) is 3. The lowest BCUT2D eigenvalue weighted by Crippen LogP contribution is -2.13. The number of aromatic nitrogens is 2. The first kappa shape index (κ1) is 15.3. The first-order valence-electron chi connectivity index (χ1n) is 7.14. The number of carbonyl (C=O) groups is 1. The van der Waals surface area contributed by atoms with Gasteiger partial charge in [-0.05, 0) is 25.8 Å². The Labute approximate surface area is 124 Å². The van der Waals surface area contributed by atoms with Gasteiger partial charge < -0.3 is 15.4 Å². The fourth-order valence-corrected chi connectivity index (χ4v) is 2.82. The highest BCUT2D eigenvalue weighted by molar-refractivity contribution is 6.02. The van der Waals surface area contributed by atoms with Crippen LogP contribution in [-0.4, -0.2) is 27.2 Å². The van der Waals surface area contributed by atoms with Crippen molar-refractivity contribution in [3.63, 3.8) is 0 Å². The van der Waals surface area contributed by atoms with Crippen molar-refractivity contribution < 1.29 is 9.90 Å². The second-order valence-electron chi connectivity index (χ2n) is 4.97. The molecule has 1 amide bonds. The Balaban J connectivity index is 2.69. The summed E-state index contributed by atoms with van der Waals surface area (Å²) in [6.45, 7) is 4.74. The van der Waals surface area contributed by atoms with E-state index in [0.717, 1.165) is 28.9 Å². The molecule has 5 nitrogen and oxygen atoms in total. The van der Waals surface area contributed by atoms with E-state index in [0.29, 0.717) is 18.5 Å². The third kappa shape index (κ3) is 2.83. The standard InChI is InChI=1S/C16H21N3O2/c1-3-13-15(12-6-4-7-18-10-12)14(16(17)21)11(2)19(13)8-5-9-20/h4,6-7,10,20H,3,5,8-9H2,1-2H3,(H2,17,21). The number of aliphatic hydroxyl groups is 1. The maximum absolute atomic E-state index is 11.9. The summed E-state index contributed by atoms with van der Waals surface area (Å²) in [6, 6.07) is 3.78. The molecule has 5 heteroatoms. The van der Waals surface area contributed by atoms with Crippen LogP contribution in [0, 0.1) is 6.92 Å². The molecular formula is C16H21N3O2. The van der Waals surface area contributed by atoms with Crippen LogP contribution in [0.1, 0.15) is 35.1 Å². The van der Waals surface area contributed by atoms with Crippen LogP contribution in [0.15, 0.2) is 24.5 Å². The second-order valence-corrected chi connectivity index (χ2v) is 4.97. The van der Waals surface area contributed by atoms with E-state index in [9.17, 15) is 4.79 Å². The zero-order valence-electron chi connectivity index (χ0n) is 12.5. The van der Waals surface area contributed by atoms with Gasteiger partial charge in [0.25, 0.3) is 5.91 Å². The Bertz CT molecular complexity index is 633. The first-order chi connectivity index (χ1) is 10.1. The molecule has 0 aliphatic heterocycles. The lowest BCUT2D eigenvalue weighted by molar-refractivity contribution is 0.1000. The molecule has 0 radical (unpaired) electrons. The van der Waals surface area contributed by atoms with Crippen molar-refractivity contribution in [2.75, 3.05) is 6.61 Å². The summed E-state index contributed by atoms with van der Waals surface area (Å²) in [7, 11) is 0. The zero-order chi connectivity index (χ0) is 15.4. The average Bonchev–Trinajstić information content (AvgIpc) is 2.78. The van der Waals surface area contributed by atoms with Crippen molar-refractivity contribution in [3.8, 4) is 11.1 Å². The topological polar surface area (TPSA) is 81.1 Å². The maximum atomic E-state index is 11.9. The molecule has 2 aromatic rings. The van der Waals surface area contributed by atoms with E-state index < -0.39 is 5.91 Å². The van der Waals surface area contributed by atoms with Gasteiger partial charge in [-0.3, -0.25) is 9.78 Å². The number of carbonyl (C=O) groups excluding carboxylic acids is 1. The van der Waals surface area contributed by atoms with Crippen LogP contribution in [0.25, 0.3) is 11.1 Å². The number of pyridine rings is 1. The molecule has 2 heterocycles. The number of nitrogens with zero attached hydrogens (tertiary/aromatic N) is 2. The van der Waals surface area contributed by atoms with E-state index in [4.69, 9.17) is 10.8 Å². The number of amides is 1. The van der Waals surface area contributed by atoms with Crippen LogP contribution in [0.4, 0.5) is 0 Å². The van der Waals surface area contributed by atoms with Crippen molar-refractivity contribution in [1.82, 2.24) is 9.55 Å². The van der Waals surface area contributed by atoms with E-state index >= 15 is 0 Å². The minimum Gasteiger partial charge on any atom is -0.396 e. The SMILES string of the molecule is CCc1c(-c2cccnc2)c(C(N)=O)c(C)n1CCCO. The van der Waals surface area contributed by atoms with Crippen molar-refractivity contribution in [1.29, 1.82) is 0 Å². The van der Waals surface area contributed by atoms with Crippen molar-refractivity contribution in [2.45, 2.75) is 33.2 Å². The van der Waals surface area contributed by atoms with Gasteiger partial charge in [-0.1, -0.05) is 13.0 Å². The summed E-state index contributed by atoms with van der Waals surface area (Å²) in [5, 5.41) is 9.07. The summed E-state index contributed by atoms with van der Waals surface area (Å²) in [5.74, 6) is -0.427. The van der Waals surface area contributed by atoms with E-state index in [-0.39, 0.29) is 6.61 Å². The molecular weight excluding hydrogens is 266 g/mol. The van der Waals surface area contributed by atoms with E-state index in [1.54, 1.807) is 12.4 Å². The normalized spacial score (nSPS) is 10.8. The molecule has 0 spiro atoms. The highest BCUT2D eigenvalue weighted by atomic mass is 16.3. The predicted octanol–water partition coefficient (Wildman–Crippen LogP) is 1.90. The predicted molar refractivity (Wildman–Crippen MR) is 82.0 cm³/mol. The molecule has 0 fully saturated rings. The Morgan fingerprint density at radius 3 is 2.76 bits per heavy atom. The van der Waals surface area contributed by atoms with Crippen LogP contribution in [0.5, 0.6) is 0 Å². The summed E-state index contributed by atoms with van der Waals surface area (Å²) < 4.78 is 2.08. The van der Waals surface area contributed by atoms with Crippen LogP contribution in [0.2, 0.25) is 0 Å². The molecule has 112 valence electrons. The quantitative estimate of drug-likeness (QED) is 0.851. The lowest BCUT2D eigenvalue weighted by Gasteiger charge is -2.10. The Kier molecular flexibility index (Phi) is 4.75. The van der Waals surface area contributed by atoms with Gasteiger partial charge in [0, 0.05) is 48.1 Å². The number of hydrogen-bond donors (Lipinski definition) is 2. The fraction of sp³-hybridized carbons (Fsp3) is 0.375. The highest BCUT2D eigenvalue weighted by Crippen LogP contribution is 2.32. The second kappa shape index (κ2) is 6.54. The third-order valence-electron chi connectivity index (χ3n) is 3.70. The third-order valence-corrected chi connectivity index (χ3v) is 3.70. The molecule has 2 aromatic heterocycles. The maximum Gasteiger partial charge on any atom is 0.251 e. The van der Waals surface area contributed by atoms with Gasteiger partial charge in [0.2, 0.25) is 0 Å². The number of primary amides is 1. The van der Waals surface area contributed by atoms with Crippen molar-refractivity contribution >= 4 is 5.91 Å². The van der Waals surface area contributed by atoms with Gasteiger partial charge in [0.1, 0.15) is 0 Å². The zero-order valence-corrected chi connectivity index (χ0v) is 12.5. The summed E-state index contributed by atoms with van der Waals surface area (Å²) in [6.07, 6.45) is 4.88. The number of nitrogens with two attached hydrogens (primary N) is 1. The minimum atomic E-state index is -0.427. The van der Waals surface area contributed by atoms with Crippen LogP contribution in [-0.2, 0) is 13.0 Å². The largest absolute Gasteiger partial charge is 0.396 e. The first-order valence-corrected chi connectivity index (χ1v) is 7.14. The van der Waals surface area contributed by atoms with Gasteiger partial charge in [-0.2, -0.15) is 0 Å². The fourth-order valence-electron chi connectivity index (χ4n) is 2.82. The highest BCUT2D eigenvalue weighted by Gasteiger charge is 2.23. The molecule has 0 aromatic carbocycles. The number of rotatable bonds is 6. The lowest BCUT2D eigenvalue weighted by atomic mass is 10.0. The van der Waals surface area contributed by atoms with Gasteiger partial charge >= 0.3 is 0 Å². The molecule has 0 saturated carbocycles. The molecule has 3 N–H and O–H groups in total. The van der Waals surface area contributed by atoms with Crippen LogP contribution >= 0.6 is 0 Å². The Hall–Kier alpha value is -2.14. The van der Waals surface area contributed by atoms with E-state index in [1.807, 2.05) is 19.1 Å². The molecule has 0 unspecified atom stereocenters. The Morgan fingerprint density at radius 1 is 1.48 bits per heavy atom. The van der Waals surface area contributed by atoms with Crippen molar-refractivity contribution in [2.24, 2.45) is 5.73 Å². The van der Waals surface area contributed by atoms with E-state index in [1.165, 1.54) is 0 Å². The van der Waals surface area contributed by atoms with Crippen LogP contribution < -0.4 is 5.73 Å². The smallest absolute Gasteiger partial charge is 0.251 e. The average molecular weight is 287 g/mol. The van der Waals surface area contributed by atoms with Crippen molar-refractivity contribution in [3.05, 3.63) is 41.5 Å². The van der Waals surface area contributed by atoms with Crippen LogP contribution in [0.3, 0.4) is 0 Å².